The van der Waals surface area contributed by atoms with E-state index in [-0.39, 0.29) is 11.3 Å². The van der Waals surface area contributed by atoms with Gasteiger partial charge in [0.25, 0.3) is 0 Å². The highest BCUT2D eigenvalue weighted by atomic mass is 16.1. The molecule has 3 rings (SSSR count). The minimum Gasteiger partial charge on any atom is -0.303 e. The van der Waals surface area contributed by atoms with E-state index in [1.165, 1.54) is 23.8 Å². The summed E-state index contributed by atoms with van der Waals surface area (Å²) in [6.07, 6.45) is 5.89. The first kappa shape index (κ1) is 15.5. The second-order valence-corrected chi connectivity index (χ2v) is 7.62. The Kier molecular flexibility index (Phi) is 4.01. The molecule has 1 aromatic carbocycles. The van der Waals surface area contributed by atoms with Gasteiger partial charge in [-0.25, -0.2) is 0 Å². The van der Waals surface area contributed by atoms with E-state index in [0.717, 1.165) is 6.42 Å². The highest BCUT2D eigenvalue weighted by molar-refractivity contribution is 5.65. The molecule has 0 spiro atoms. The maximum atomic E-state index is 12.4. The Bertz CT molecular complexity index is 573. The molecule has 0 radical (unpaired) electrons. The molecule has 0 saturated heterocycles. The van der Waals surface area contributed by atoms with Crippen molar-refractivity contribution in [2.45, 2.75) is 46.5 Å². The number of carbonyl (C=O) groups is 1. The van der Waals surface area contributed by atoms with E-state index in [4.69, 9.17) is 0 Å². The van der Waals surface area contributed by atoms with Crippen molar-refractivity contribution in [1.82, 2.24) is 0 Å². The predicted octanol–water partition coefficient (Wildman–Crippen LogP) is 5.23. The van der Waals surface area contributed by atoms with Crippen molar-refractivity contribution in [3.63, 3.8) is 0 Å². The smallest absolute Gasteiger partial charge is 0.127 e. The van der Waals surface area contributed by atoms with Gasteiger partial charge in [-0.3, -0.25) is 0 Å². The van der Waals surface area contributed by atoms with Crippen molar-refractivity contribution >= 4 is 6.29 Å². The minimum absolute atomic E-state index is 0.227. The standard InChI is InChI=1S/C21H28O/c1-5-21(13-22)18(17-9-7-6-8-10-17)12-15(3)19-14(2)11-16(4)20(19)21/h6-10,12-14,16,18-20H,5,11H2,1-4H3/t14-,16-,18-,19-,20+,21-/m1/s1. The van der Waals surface area contributed by atoms with Gasteiger partial charge in [-0.15, -0.1) is 0 Å². The van der Waals surface area contributed by atoms with E-state index in [2.05, 4.69) is 64.1 Å². The van der Waals surface area contributed by atoms with E-state index in [1.807, 2.05) is 0 Å². The summed E-state index contributed by atoms with van der Waals surface area (Å²) in [5.74, 6) is 2.62. The average Bonchev–Trinajstić information content (AvgIpc) is 2.84. The van der Waals surface area contributed by atoms with E-state index >= 15 is 0 Å². The van der Waals surface area contributed by atoms with Crippen LogP contribution in [-0.4, -0.2) is 6.29 Å². The Balaban J connectivity index is 2.17. The van der Waals surface area contributed by atoms with Crippen molar-refractivity contribution < 1.29 is 4.79 Å². The molecule has 0 bridgehead atoms. The summed E-state index contributed by atoms with van der Waals surface area (Å²) < 4.78 is 0. The van der Waals surface area contributed by atoms with E-state index in [1.54, 1.807) is 0 Å². The molecule has 22 heavy (non-hydrogen) atoms. The summed E-state index contributed by atoms with van der Waals surface area (Å²) in [6, 6.07) is 10.6. The third kappa shape index (κ3) is 2.09. The van der Waals surface area contributed by atoms with Crippen LogP contribution in [0, 0.1) is 29.1 Å². The van der Waals surface area contributed by atoms with Crippen LogP contribution in [0.4, 0.5) is 0 Å². The van der Waals surface area contributed by atoms with Crippen LogP contribution in [0.3, 0.4) is 0 Å². The van der Waals surface area contributed by atoms with Gasteiger partial charge in [0.1, 0.15) is 6.29 Å². The Morgan fingerprint density at radius 3 is 2.45 bits per heavy atom. The molecular weight excluding hydrogens is 268 g/mol. The second-order valence-electron chi connectivity index (χ2n) is 7.62. The van der Waals surface area contributed by atoms with E-state index in [0.29, 0.717) is 23.7 Å². The molecular formula is C21H28O. The van der Waals surface area contributed by atoms with Crippen LogP contribution in [0.5, 0.6) is 0 Å². The van der Waals surface area contributed by atoms with Crippen LogP contribution in [0.1, 0.15) is 52.0 Å². The molecule has 1 nitrogen and oxygen atoms in total. The Labute approximate surface area is 134 Å². The van der Waals surface area contributed by atoms with Gasteiger partial charge in [0.05, 0.1) is 0 Å². The largest absolute Gasteiger partial charge is 0.303 e. The first-order chi connectivity index (χ1) is 10.5. The van der Waals surface area contributed by atoms with Crippen LogP contribution in [-0.2, 0) is 4.79 Å². The first-order valence-electron chi connectivity index (χ1n) is 8.74. The molecule has 2 aliphatic carbocycles. The first-order valence-corrected chi connectivity index (χ1v) is 8.74. The van der Waals surface area contributed by atoms with Crippen LogP contribution >= 0.6 is 0 Å². The number of rotatable bonds is 3. The Morgan fingerprint density at radius 2 is 1.86 bits per heavy atom. The van der Waals surface area contributed by atoms with Gasteiger partial charge in [0, 0.05) is 11.3 Å². The lowest BCUT2D eigenvalue weighted by molar-refractivity contribution is -0.122. The quantitative estimate of drug-likeness (QED) is 0.551. The maximum Gasteiger partial charge on any atom is 0.127 e. The van der Waals surface area contributed by atoms with Gasteiger partial charge in [-0.1, -0.05) is 62.8 Å². The summed E-state index contributed by atoms with van der Waals surface area (Å²) in [6.45, 7) is 9.21. The van der Waals surface area contributed by atoms with Crippen LogP contribution in [0.25, 0.3) is 0 Å². The third-order valence-corrected chi connectivity index (χ3v) is 6.50. The van der Waals surface area contributed by atoms with Gasteiger partial charge in [-0.2, -0.15) is 0 Å². The number of allylic oxidation sites excluding steroid dienone is 2. The number of aldehydes is 1. The fourth-order valence-electron chi connectivity index (χ4n) is 5.68. The van der Waals surface area contributed by atoms with Crippen LogP contribution in [0.15, 0.2) is 42.0 Å². The molecule has 1 fully saturated rings. The summed E-state index contributed by atoms with van der Waals surface area (Å²) >= 11 is 0. The molecule has 118 valence electrons. The molecule has 1 heteroatoms. The maximum absolute atomic E-state index is 12.4. The molecule has 0 aromatic heterocycles. The molecule has 6 atom stereocenters. The second kappa shape index (κ2) is 5.68. The summed E-state index contributed by atoms with van der Waals surface area (Å²) in [5, 5.41) is 0. The number of benzene rings is 1. The lowest BCUT2D eigenvalue weighted by atomic mass is 9.54. The minimum atomic E-state index is -0.240. The zero-order valence-electron chi connectivity index (χ0n) is 14.3. The fourth-order valence-corrected chi connectivity index (χ4v) is 5.68. The Hall–Kier alpha value is -1.37. The highest BCUT2D eigenvalue weighted by Gasteiger charge is 2.56. The topological polar surface area (TPSA) is 17.1 Å². The SMILES string of the molecule is CC[C@]1(C=O)[C@@H]2[C@@H](C(C)=C[C@@H]1c1ccccc1)[C@H](C)C[C@H]2C. The fraction of sp³-hybridized carbons (Fsp3) is 0.571. The normalized spacial score (nSPS) is 40.9. The predicted molar refractivity (Wildman–Crippen MR) is 91.7 cm³/mol. The molecule has 0 N–H and O–H groups in total. The van der Waals surface area contributed by atoms with Crippen molar-refractivity contribution in [2.75, 3.05) is 0 Å². The van der Waals surface area contributed by atoms with Crippen molar-refractivity contribution in [3.05, 3.63) is 47.5 Å². The third-order valence-electron chi connectivity index (χ3n) is 6.50. The number of carbonyl (C=O) groups excluding carboxylic acids is 1. The van der Waals surface area contributed by atoms with Gasteiger partial charge in [0.15, 0.2) is 0 Å². The average molecular weight is 296 g/mol. The van der Waals surface area contributed by atoms with Gasteiger partial charge < -0.3 is 4.79 Å². The van der Waals surface area contributed by atoms with Gasteiger partial charge >= 0.3 is 0 Å². The summed E-state index contributed by atoms with van der Waals surface area (Å²) in [7, 11) is 0. The summed E-state index contributed by atoms with van der Waals surface area (Å²) in [5.41, 5.74) is 2.55. The molecule has 1 saturated carbocycles. The molecule has 0 unspecified atom stereocenters. The lowest BCUT2D eigenvalue weighted by Crippen LogP contribution is -2.45. The number of hydrogen-bond donors (Lipinski definition) is 0. The molecule has 0 aliphatic heterocycles. The van der Waals surface area contributed by atoms with E-state index < -0.39 is 0 Å². The van der Waals surface area contributed by atoms with Gasteiger partial charge in [-0.05, 0) is 49.0 Å². The van der Waals surface area contributed by atoms with Crippen molar-refractivity contribution in [3.8, 4) is 0 Å². The zero-order valence-corrected chi connectivity index (χ0v) is 14.3. The number of hydrogen-bond acceptors (Lipinski definition) is 1. The molecule has 0 amide bonds. The summed E-state index contributed by atoms with van der Waals surface area (Å²) in [4.78, 5) is 12.4. The van der Waals surface area contributed by atoms with Gasteiger partial charge in [0.2, 0.25) is 0 Å². The van der Waals surface area contributed by atoms with Crippen LogP contribution < -0.4 is 0 Å². The van der Waals surface area contributed by atoms with Crippen molar-refractivity contribution in [2.24, 2.45) is 29.1 Å². The number of fused-ring (bicyclic) bond motifs is 1. The molecule has 1 aromatic rings. The van der Waals surface area contributed by atoms with E-state index in [9.17, 15) is 4.79 Å². The lowest BCUT2D eigenvalue weighted by Gasteiger charge is -2.48. The van der Waals surface area contributed by atoms with Crippen molar-refractivity contribution in [1.29, 1.82) is 0 Å². The van der Waals surface area contributed by atoms with Crippen LogP contribution in [0.2, 0.25) is 0 Å². The zero-order chi connectivity index (χ0) is 15.9. The molecule has 2 aliphatic rings. The Morgan fingerprint density at radius 1 is 1.18 bits per heavy atom. The molecule has 0 heterocycles. The monoisotopic (exact) mass is 296 g/mol. The highest BCUT2D eigenvalue weighted by Crippen LogP contribution is 2.61.